The number of likely N-dealkylation sites (tertiary alicyclic amines) is 1. The summed E-state index contributed by atoms with van der Waals surface area (Å²) in [4.78, 5) is 30.9. The van der Waals surface area contributed by atoms with Crippen molar-refractivity contribution in [3.8, 4) is 0 Å². The average Bonchev–Trinajstić information content (AvgIpc) is 2.85. The van der Waals surface area contributed by atoms with Crippen LogP contribution in [0.4, 0.5) is 23.9 Å². The van der Waals surface area contributed by atoms with Crippen LogP contribution in [-0.2, 0) is 12.7 Å². The first-order valence-electron chi connectivity index (χ1n) is 12.1. The number of nitrogens with zero attached hydrogens (tertiary/aromatic N) is 6. The van der Waals surface area contributed by atoms with Gasteiger partial charge < -0.3 is 15.1 Å². The largest absolute Gasteiger partial charge is 0.419 e. The summed E-state index contributed by atoms with van der Waals surface area (Å²) in [7, 11) is 0. The first-order valence-corrected chi connectivity index (χ1v) is 12.1. The molecule has 2 aromatic heterocycles. The predicted octanol–water partition coefficient (Wildman–Crippen LogP) is 3.41. The Balaban J connectivity index is 1.16. The normalized spacial score (nSPS) is 20.2. The maximum absolute atomic E-state index is 12.7. The van der Waals surface area contributed by atoms with Gasteiger partial charge in [0.15, 0.2) is 0 Å². The van der Waals surface area contributed by atoms with Gasteiger partial charge in [-0.3, -0.25) is 9.88 Å². The van der Waals surface area contributed by atoms with E-state index in [9.17, 15) is 18.0 Å². The molecule has 0 unspecified atom stereocenters. The molecule has 2 aliphatic rings. The minimum absolute atomic E-state index is 0.0990. The van der Waals surface area contributed by atoms with Crippen LogP contribution in [-0.4, -0.2) is 76.1 Å². The molecule has 2 saturated heterocycles. The number of amides is 2. The lowest BCUT2D eigenvalue weighted by Gasteiger charge is -2.39. The molecule has 2 aromatic rings. The highest BCUT2D eigenvalue weighted by atomic mass is 19.4. The van der Waals surface area contributed by atoms with Crippen molar-refractivity contribution in [3.05, 3.63) is 48.0 Å². The highest BCUT2D eigenvalue weighted by Gasteiger charge is 2.33. The third-order valence-electron chi connectivity index (χ3n) is 6.78. The van der Waals surface area contributed by atoms with Crippen LogP contribution < -0.4 is 10.2 Å². The third-order valence-corrected chi connectivity index (χ3v) is 6.78. The lowest BCUT2D eigenvalue weighted by Crippen LogP contribution is -2.57. The SMILES string of the molecule is C[C@@H]1CN(c2ncc(C(F)(F)F)cn2)CCN1C(=O)NCCC1CCN(Cc2ccccn2)CC1. The molecule has 0 aliphatic carbocycles. The summed E-state index contributed by atoms with van der Waals surface area (Å²) in [5.74, 6) is 0.848. The van der Waals surface area contributed by atoms with E-state index in [0.29, 0.717) is 32.1 Å². The van der Waals surface area contributed by atoms with Crippen LogP contribution in [0.3, 0.4) is 0 Å². The number of alkyl halides is 3. The Hall–Kier alpha value is -2.95. The van der Waals surface area contributed by atoms with Crippen molar-refractivity contribution in [1.29, 1.82) is 0 Å². The van der Waals surface area contributed by atoms with Crippen LogP contribution in [0.5, 0.6) is 0 Å². The van der Waals surface area contributed by atoms with E-state index in [0.717, 1.165) is 57.0 Å². The summed E-state index contributed by atoms with van der Waals surface area (Å²) in [5.41, 5.74) is 0.225. The maximum Gasteiger partial charge on any atom is 0.419 e. The van der Waals surface area contributed by atoms with E-state index in [1.54, 1.807) is 4.90 Å². The molecule has 0 spiro atoms. The minimum atomic E-state index is -4.46. The zero-order chi connectivity index (χ0) is 24.8. The monoisotopic (exact) mass is 491 g/mol. The first kappa shape index (κ1) is 25.2. The van der Waals surface area contributed by atoms with Crippen molar-refractivity contribution in [3.63, 3.8) is 0 Å². The average molecular weight is 492 g/mol. The number of nitrogens with one attached hydrogen (secondary N) is 1. The van der Waals surface area contributed by atoms with Gasteiger partial charge >= 0.3 is 12.2 Å². The molecule has 0 radical (unpaired) electrons. The van der Waals surface area contributed by atoms with Gasteiger partial charge in [0.1, 0.15) is 0 Å². The number of pyridine rings is 1. The number of carbonyl (C=O) groups is 1. The van der Waals surface area contributed by atoms with Crippen molar-refractivity contribution < 1.29 is 18.0 Å². The molecule has 0 bridgehead atoms. The summed E-state index contributed by atoms with van der Waals surface area (Å²) in [5, 5.41) is 3.05. The number of anilines is 1. The number of piperidine rings is 1. The Morgan fingerprint density at radius 2 is 1.83 bits per heavy atom. The second-order valence-corrected chi connectivity index (χ2v) is 9.32. The van der Waals surface area contributed by atoms with Crippen molar-refractivity contribution in [2.45, 2.75) is 44.9 Å². The molecule has 2 fully saturated rings. The molecule has 1 atom stereocenters. The Morgan fingerprint density at radius 1 is 1.09 bits per heavy atom. The Bertz CT molecular complexity index is 950. The quantitative estimate of drug-likeness (QED) is 0.668. The van der Waals surface area contributed by atoms with Crippen molar-refractivity contribution in [2.75, 3.05) is 44.2 Å². The Kier molecular flexibility index (Phi) is 8.04. The van der Waals surface area contributed by atoms with Gasteiger partial charge in [-0.15, -0.1) is 0 Å². The van der Waals surface area contributed by atoms with Gasteiger partial charge in [0, 0.05) is 57.4 Å². The lowest BCUT2D eigenvalue weighted by atomic mass is 9.93. The minimum Gasteiger partial charge on any atom is -0.338 e. The molecule has 4 rings (SSSR count). The molecule has 8 nitrogen and oxygen atoms in total. The molecular formula is C24H32F3N7O. The molecule has 0 saturated carbocycles. The van der Waals surface area contributed by atoms with Crippen molar-refractivity contribution >= 4 is 12.0 Å². The maximum atomic E-state index is 12.7. The number of hydrogen-bond donors (Lipinski definition) is 1. The van der Waals surface area contributed by atoms with Gasteiger partial charge in [0.05, 0.1) is 11.3 Å². The topological polar surface area (TPSA) is 77.5 Å². The molecule has 190 valence electrons. The van der Waals surface area contributed by atoms with E-state index in [-0.39, 0.29) is 18.0 Å². The van der Waals surface area contributed by atoms with Crippen molar-refractivity contribution in [1.82, 2.24) is 30.1 Å². The number of hydrogen-bond acceptors (Lipinski definition) is 6. The van der Waals surface area contributed by atoms with Gasteiger partial charge in [0.2, 0.25) is 5.95 Å². The summed E-state index contributed by atoms with van der Waals surface area (Å²) < 4.78 is 38.2. The van der Waals surface area contributed by atoms with Crippen molar-refractivity contribution in [2.24, 2.45) is 5.92 Å². The highest BCUT2D eigenvalue weighted by Crippen LogP contribution is 2.28. The summed E-state index contributed by atoms with van der Waals surface area (Å²) >= 11 is 0. The van der Waals surface area contributed by atoms with E-state index < -0.39 is 11.7 Å². The molecule has 1 N–H and O–H groups in total. The van der Waals surface area contributed by atoms with Crippen LogP contribution >= 0.6 is 0 Å². The van der Waals surface area contributed by atoms with Crippen LogP contribution in [0.15, 0.2) is 36.8 Å². The van der Waals surface area contributed by atoms with E-state index in [4.69, 9.17) is 0 Å². The molecule has 2 amide bonds. The molecule has 2 aliphatic heterocycles. The Labute approximate surface area is 203 Å². The number of piperazine rings is 1. The number of halogens is 3. The van der Waals surface area contributed by atoms with Gasteiger partial charge in [0.25, 0.3) is 0 Å². The second kappa shape index (κ2) is 11.2. The van der Waals surface area contributed by atoms with Crippen LogP contribution in [0.25, 0.3) is 0 Å². The fourth-order valence-electron chi connectivity index (χ4n) is 4.71. The van der Waals surface area contributed by atoms with Gasteiger partial charge in [-0.2, -0.15) is 13.2 Å². The fraction of sp³-hybridized carbons (Fsp3) is 0.583. The predicted molar refractivity (Wildman–Crippen MR) is 126 cm³/mol. The third kappa shape index (κ3) is 6.81. The van der Waals surface area contributed by atoms with Crippen LogP contribution in [0.2, 0.25) is 0 Å². The Morgan fingerprint density at radius 3 is 2.46 bits per heavy atom. The lowest BCUT2D eigenvalue weighted by molar-refractivity contribution is -0.138. The van der Waals surface area contributed by atoms with Gasteiger partial charge in [-0.05, 0) is 57.3 Å². The van der Waals surface area contributed by atoms with Crippen LogP contribution in [0.1, 0.15) is 37.4 Å². The number of carbonyl (C=O) groups excluding carboxylic acids is 1. The fourth-order valence-corrected chi connectivity index (χ4v) is 4.71. The van der Waals surface area contributed by atoms with E-state index in [1.165, 1.54) is 0 Å². The molecule has 4 heterocycles. The van der Waals surface area contributed by atoms with E-state index in [2.05, 4.69) is 31.2 Å². The zero-order valence-electron chi connectivity index (χ0n) is 19.9. The standard InChI is InChI=1S/C24H32F3N7O/c1-18-16-33(22-30-14-20(15-31-22)24(25,26)27)12-13-34(18)23(35)29-9-5-19-6-10-32(11-7-19)17-21-4-2-3-8-28-21/h2-4,8,14-15,18-19H,5-7,9-13,16-17H2,1H3,(H,29,35)/t18-/m1/s1. The molecular weight excluding hydrogens is 459 g/mol. The summed E-state index contributed by atoms with van der Waals surface area (Å²) in [6, 6.07) is 5.79. The number of aromatic nitrogens is 3. The molecule has 11 heteroatoms. The number of rotatable bonds is 6. The van der Waals surface area contributed by atoms with Gasteiger partial charge in [-0.1, -0.05) is 6.07 Å². The zero-order valence-corrected chi connectivity index (χ0v) is 19.9. The first-order chi connectivity index (χ1) is 16.8. The summed E-state index contributed by atoms with van der Waals surface area (Å²) in [6.07, 6.45) is 2.16. The molecule has 0 aromatic carbocycles. The number of urea groups is 1. The highest BCUT2D eigenvalue weighted by molar-refractivity contribution is 5.74. The smallest absolute Gasteiger partial charge is 0.338 e. The molecule has 35 heavy (non-hydrogen) atoms. The van der Waals surface area contributed by atoms with E-state index in [1.807, 2.05) is 30.2 Å². The van der Waals surface area contributed by atoms with E-state index >= 15 is 0 Å². The second-order valence-electron chi connectivity index (χ2n) is 9.32. The van der Waals surface area contributed by atoms with Gasteiger partial charge in [-0.25, -0.2) is 14.8 Å². The van der Waals surface area contributed by atoms with Crippen LogP contribution in [0, 0.1) is 5.92 Å². The summed E-state index contributed by atoms with van der Waals surface area (Å²) in [6.45, 7) is 6.92.